The van der Waals surface area contributed by atoms with Gasteiger partial charge in [-0.3, -0.25) is 13.9 Å². The molecular formula is C33H33Cl2N3O4S. The minimum absolute atomic E-state index is 0.00938. The van der Waals surface area contributed by atoms with Crippen molar-refractivity contribution in [1.29, 1.82) is 0 Å². The number of hydrogen-bond acceptors (Lipinski definition) is 4. The number of sulfonamides is 1. The molecule has 4 rings (SSSR count). The van der Waals surface area contributed by atoms with Crippen LogP contribution in [-0.2, 0) is 32.6 Å². The van der Waals surface area contributed by atoms with E-state index < -0.39 is 28.5 Å². The number of benzene rings is 4. The predicted molar refractivity (Wildman–Crippen MR) is 172 cm³/mol. The molecular weight excluding hydrogens is 605 g/mol. The number of halogens is 2. The molecule has 224 valence electrons. The van der Waals surface area contributed by atoms with E-state index in [-0.39, 0.29) is 39.5 Å². The molecule has 0 saturated carbocycles. The van der Waals surface area contributed by atoms with Crippen LogP contribution in [0.25, 0.3) is 0 Å². The lowest BCUT2D eigenvalue weighted by atomic mass is 10.0. The Bertz CT molecular complexity index is 1680. The molecule has 0 heterocycles. The first-order valence-corrected chi connectivity index (χ1v) is 15.8. The topological polar surface area (TPSA) is 86.8 Å². The molecule has 2 amide bonds. The molecule has 10 heteroatoms. The average Bonchev–Trinajstić information content (AvgIpc) is 3.00. The summed E-state index contributed by atoms with van der Waals surface area (Å²) in [5.74, 6) is -0.963. The van der Waals surface area contributed by atoms with E-state index in [0.717, 1.165) is 26.6 Å². The molecule has 4 aromatic carbocycles. The minimum Gasteiger partial charge on any atom is -0.357 e. The molecule has 43 heavy (non-hydrogen) atoms. The highest BCUT2D eigenvalue weighted by Gasteiger charge is 2.35. The number of nitrogens with one attached hydrogen (secondary N) is 1. The maximum atomic E-state index is 14.3. The zero-order valence-corrected chi connectivity index (χ0v) is 26.5. The number of nitrogens with zero attached hydrogens (tertiary/aromatic N) is 2. The van der Waals surface area contributed by atoms with Crippen molar-refractivity contribution >= 4 is 50.7 Å². The summed E-state index contributed by atoms with van der Waals surface area (Å²) in [6, 6.07) is 26.9. The molecule has 0 aliphatic rings. The Hall–Kier alpha value is -3.85. The standard InChI is InChI=1S/C33H33Cl2N3O4S/c1-23-12-16-26(17-13-23)21-37(30(33(40)36-3)20-25-8-5-4-6-9-25)31(39)22-38(29-11-7-10-28(34)32(29)35)43(41,42)27-18-14-24(2)15-19-27/h4-19,30H,20-22H2,1-3H3,(H,36,40)/t30-/m0/s1. The van der Waals surface area contributed by atoms with E-state index in [1.807, 2.05) is 68.4 Å². The van der Waals surface area contributed by atoms with Gasteiger partial charge in [-0.2, -0.15) is 0 Å². The number of likely N-dealkylation sites (N-methyl/N-ethyl adjacent to an activating group) is 1. The number of amides is 2. The summed E-state index contributed by atoms with van der Waals surface area (Å²) >= 11 is 12.8. The Morgan fingerprint density at radius 3 is 2.00 bits per heavy atom. The highest BCUT2D eigenvalue weighted by Crippen LogP contribution is 2.35. The third kappa shape index (κ3) is 7.76. The van der Waals surface area contributed by atoms with Gasteiger partial charge < -0.3 is 10.2 Å². The van der Waals surface area contributed by atoms with Gasteiger partial charge in [0.15, 0.2) is 0 Å². The van der Waals surface area contributed by atoms with Crippen LogP contribution >= 0.6 is 23.2 Å². The smallest absolute Gasteiger partial charge is 0.264 e. The number of aryl methyl sites for hydroxylation is 2. The molecule has 7 nitrogen and oxygen atoms in total. The van der Waals surface area contributed by atoms with Crippen LogP contribution in [0, 0.1) is 13.8 Å². The van der Waals surface area contributed by atoms with Crippen LogP contribution in [0.3, 0.4) is 0 Å². The molecule has 4 aromatic rings. The molecule has 0 fully saturated rings. The Kier molecular flexibility index (Phi) is 10.5. The molecule has 0 saturated heterocycles. The molecule has 1 N–H and O–H groups in total. The van der Waals surface area contributed by atoms with Gasteiger partial charge >= 0.3 is 0 Å². The van der Waals surface area contributed by atoms with Gasteiger partial charge in [0, 0.05) is 20.0 Å². The third-order valence-electron chi connectivity index (χ3n) is 7.08. The number of rotatable bonds is 11. The summed E-state index contributed by atoms with van der Waals surface area (Å²) in [5, 5.41) is 2.80. The fourth-order valence-corrected chi connectivity index (χ4v) is 6.52. The molecule has 0 aliphatic carbocycles. The van der Waals surface area contributed by atoms with E-state index >= 15 is 0 Å². The lowest BCUT2D eigenvalue weighted by Crippen LogP contribution is -2.53. The SMILES string of the molecule is CNC(=O)[C@H](Cc1ccccc1)N(Cc1ccc(C)cc1)C(=O)CN(c1cccc(Cl)c1Cl)S(=O)(=O)c1ccc(C)cc1. The van der Waals surface area contributed by atoms with E-state index in [1.54, 1.807) is 18.2 Å². The Morgan fingerprint density at radius 2 is 1.40 bits per heavy atom. The van der Waals surface area contributed by atoms with E-state index in [4.69, 9.17) is 23.2 Å². The number of carbonyl (C=O) groups is 2. The van der Waals surface area contributed by atoms with E-state index in [1.165, 1.54) is 36.2 Å². The van der Waals surface area contributed by atoms with Crippen LogP contribution < -0.4 is 9.62 Å². The molecule has 0 radical (unpaired) electrons. The molecule has 1 atom stereocenters. The fraction of sp³-hybridized carbons (Fsp3) is 0.212. The molecule has 0 aliphatic heterocycles. The van der Waals surface area contributed by atoms with E-state index in [0.29, 0.717) is 0 Å². The third-order valence-corrected chi connectivity index (χ3v) is 9.66. The number of anilines is 1. The van der Waals surface area contributed by atoms with Gasteiger partial charge in [-0.05, 0) is 49.2 Å². The van der Waals surface area contributed by atoms with Crippen molar-refractivity contribution in [3.05, 3.63) is 129 Å². The summed E-state index contributed by atoms with van der Waals surface area (Å²) in [6.45, 7) is 3.26. The van der Waals surface area contributed by atoms with Gasteiger partial charge in [0.1, 0.15) is 12.6 Å². The lowest BCUT2D eigenvalue weighted by molar-refractivity contribution is -0.139. The van der Waals surface area contributed by atoms with Crippen LogP contribution in [0.2, 0.25) is 10.0 Å². The summed E-state index contributed by atoms with van der Waals surface area (Å²) < 4.78 is 29.1. The van der Waals surface area contributed by atoms with Gasteiger partial charge in [0.05, 0.1) is 20.6 Å². The van der Waals surface area contributed by atoms with Gasteiger partial charge in [0.2, 0.25) is 11.8 Å². The lowest BCUT2D eigenvalue weighted by Gasteiger charge is -2.34. The first kappa shape index (κ1) is 32.1. The van der Waals surface area contributed by atoms with E-state index in [2.05, 4.69) is 5.32 Å². The van der Waals surface area contributed by atoms with Crippen molar-refractivity contribution in [3.63, 3.8) is 0 Å². The van der Waals surface area contributed by atoms with Gasteiger partial charge in [-0.1, -0.05) is 107 Å². The molecule has 0 bridgehead atoms. The normalized spacial score (nSPS) is 11.9. The quantitative estimate of drug-likeness (QED) is 0.212. The average molecular weight is 639 g/mol. The van der Waals surface area contributed by atoms with Crippen molar-refractivity contribution in [2.45, 2.75) is 37.8 Å². The second kappa shape index (κ2) is 14.1. The predicted octanol–water partition coefficient (Wildman–Crippen LogP) is 6.19. The maximum Gasteiger partial charge on any atom is 0.264 e. The summed E-state index contributed by atoms with van der Waals surface area (Å²) in [4.78, 5) is 29.1. The second-order valence-electron chi connectivity index (χ2n) is 10.2. The Balaban J connectivity index is 1.81. The fourth-order valence-electron chi connectivity index (χ4n) is 4.65. The Morgan fingerprint density at radius 1 is 0.791 bits per heavy atom. The van der Waals surface area contributed by atoms with Gasteiger partial charge in [-0.25, -0.2) is 8.42 Å². The monoisotopic (exact) mass is 637 g/mol. The second-order valence-corrected chi connectivity index (χ2v) is 12.9. The zero-order valence-electron chi connectivity index (χ0n) is 24.1. The van der Waals surface area contributed by atoms with Gasteiger partial charge in [0.25, 0.3) is 10.0 Å². The summed E-state index contributed by atoms with van der Waals surface area (Å²) in [5.41, 5.74) is 3.60. The van der Waals surface area contributed by atoms with Crippen molar-refractivity contribution in [2.75, 3.05) is 17.9 Å². The maximum absolute atomic E-state index is 14.3. The zero-order chi connectivity index (χ0) is 31.1. The van der Waals surface area contributed by atoms with Crippen LogP contribution in [0.5, 0.6) is 0 Å². The highest BCUT2D eigenvalue weighted by molar-refractivity contribution is 7.92. The first-order chi connectivity index (χ1) is 20.5. The minimum atomic E-state index is -4.29. The van der Waals surface area contributed by atoms with Crippen LogP contribution in [0.15, 0.2) is 102 Å². The van der Waals surface area contributed by atoms with Crippen molar-refractivity contribution < 1.29 is 18.0 Å². The number of hydrogen-bond donors (Lipinski definition) is 1. The van der Waals surface area contributed by atoms with Crippen LogP contribution in [-0.4, -0.2) is 44.8 Å². The first-order valence-electron chi connectivity index (χ1n) is 13.6. The van der Waals surface area contributed by atoms with Crippen LogP contribution in [0.1, 0.15) is 22.3 Å². The molecule has 0 spiro atoms. The molecule has 0 unspecified atom stereocenters. The summed E-state index contributed by atoms with van der Waals surface area (Å²) in [6.07, 6.45) is 0.223. The van der Waals surface area contributed by atoms with Crippen molar-refractivity contribution in [2.24, 2.45) is 0 Å². The van der Waals surface area contributed by atoms with Gasteiger partial charge in [-0.15, -0.1) is 0 Å². The van der Waals surface area contributed by atoms with Crippen molar-refractivity contribution in [1.82, 2.24) is 10.2 Å². The highest BCUT2D eigenvalue weighted by atomic mass is 35.5. The Labute approximate surface area is 263 Å². The van der Waals surface area contributed by atoms with E-state index in [9.17, 15) is 18.0 Å². The van der Waals surface area contributed by atoms with Crippen molar-refractivity contribution in [3.8, 4) is 0 Å². The summed E-state index contributed by atoms with van der Waals surface area (Å²) in [7, 11) is -2.78. The largest absolute Gasteiger partial charge is 0.357 e. The number of carbonyl (C=O) groups excluding carboxylic acids is 2. The molecule has 0 aromatic heterocycles. The van der Waals surface area contributed by atoms with Crippen LogP contribution in [0.4, 0.5) is 5.69 Å².